The number of benzene rings is 2. The topological polar surface area (TPSA) is 87.2 Å². The van der Waals surface area contributed by atoms with Gasteiger partial charge < -0.3 is 23.8 Å². The van der Waals surface area contributed by atoms with E-state index >= 15 is 0 Å². The zero-order valence-corrected chi connectivity index (χ0v) is 23.0. The molecule has 0 amide bonds. The molecule has 2 aromatic carbocycles. The maximum absolute atomic E-state index is 13.3. The molecule has 36 heavy (non-hydrogen) atoms. The fraction of sp³-hybridized carbons (Fsp3) is 0.400. The number of hydrogen-bond donors (Lipinski definition) is 0. The first-order valence-electron chi connectivity index (χ1n) is 11.4. The van der Waals surface area contributed by atoms with E-state index in [2.05, 4.69) is 4.90 Å². The van der Waals surface area contributed by atoms with Crippen LogP contribution in [0.25, 0.3) is 0 Å². The third-order valence-corrected chi connectivity index (χ3v) is 9.70. The van der Waals surface area contributed by atoms with Gasteiger partial charge >= 0.3 is 0 Å². The number of thiazole rings is 1. The molecule has 0 unspecified atom stereocenters. The van der Waals surface area contributed by atoms with Crippen LogP contribution < -0.4 is 23.8 Å². The minimum absolute atomic E-state index is 0.151. The summed E-state index contributed by atoms with van der Waals surface area (Å²) >= 11 is 7.63. The largest absolute Gasteiger partial charge is 0.495 e. The van der Waals surface area contributed by atoms with Crippen molar-refractivity contribution < 1.29 is 27.4 Å². The van der Waals surface area contributed by atoms with Gasteiger partial charge in [-0.1, -0.05) is 11.6 Å². The molecule has 0 atom stereocenters. The molecular formula is C25H29ClN2O6S2. The van der Waals surface area contributed by atoms with Gasteiger partial charge in [0.25, 0.3) is 0 Å². The summed E-state index contributed by atoms with van der Waals surface area (Å²) in [6, 6.07) is 8.52. The van der Waals surface area contributed by atoms with Crippen molar-refractivity contribution in [3.05, 3.63) is 52.0 Å². The quantitative estimate of drug-likeness (QED) is 0.372. The second-order valence-corrected chi connectivity index (χ2v) is 11.8. The summed E-state index contributed by atoms with van der Waals surface area (Å²) in [6.45, 7) is 1.20. The average Bonchev–Trinajstić information content (AvgIpc) is 3.36. The van der Waals surface area contributed by atoms with E-state index < -0.39 is 15.1 Å². The number of piperidine rings is 1. The summed E-state index contributed by atoms with van der Waals surface area (Å²) < 4.78 is 48.2. The monoisotopic (exact) mass is 552 g/mol. The van der Waals surface area contributed by atoms with E-state index in [9.17, 15) is 8.42 Å². The fourth-order valence-corrected chi connectivity index (χ4v) is 7.41. The highest BCUT2D eigenvalue weighted by atomic mass is 35.5. The molecule has 4 rings (SSSR count). The van der Waals surface area contributed by atoms with E-state index in [0.717, 1.165) is 16.4 Å². The molecule has 0 N–H and O–H groups in total. The number of rotatable bonds is 9. The van der Waals surface area contributed by atoms with Gasteiger partial charge in [0.15, 0.2) is 26.5 Å². The SMILES string of the molecule is COc1ccc(Cl)cc1S(=O)(=O)C1CCN(c2nc(Cc3cc(OC)c(OC)c(OC)c3)cs2)CC1. The standard InChI is InChI=1S/C25H29ClN2O6S2/c1-31-20-6-5-17(26)14-23(20)36(29,30)19-7-9-28(10-8-19)25-27-18(15-35-25)11-16-12-21(32-2)24(34-4)22(13-16)33-3/h5-6,12-15,19H,7-11H2,1-4H3. The molecule has 0 bridgehead atoms. The Morgan fingerprint density at radius 3 is 2.19 bits per heavy atom. The predicted octanol–water partition coefficient (Wildman–Crippen LogP) is 4.86. The number of sulfone groups is 1. The second-order valence-electron chi connectivity index (χ2n) is 8.36. The van der Waals surface area contributed by atoms with Gasteiger partial charge in [-0.25, -0.2) is 13.4 Å². The molecule has 11 heteroatoms. The zero-order chi connectivity index (χ0) is 25.9. The van der Waals surface area contributed by atoms with Crippen LogP contribution in [0.15, 0.2) is 40.6 Å². The van der Waals surface area contributed by atoms with Gasteiger partial charge in [-0.3, -0.25) is 0 Å². The first-order valence-corrected chi connectivity index (χ1v) is 14.2. The Morgan fingerprint density at radius 1 is 0.972 bits per heavy atom. The Balaban J connectivity index is 1.45. The van der Waals surface area contributed by atoms with Crippen molar-refractivity contribution in [1.82, 2.24) is 4.98 Å². The molecule has 1 saturated heterocycles. The number of methoxy groups -OCH3 is 4. The average molecular weight is 553 g/mol. The van der Waals surface area contributed by atoms with Crippen molar-refractivity contribution >= 4 is 37.9 Å². The zero-order valence-electron chi connectivity index (χ0n) is 20.6. The van der Waals surface area contributed by atoms with Gasteiger partial charge in [0.05, 0.1) is 39.4 Å². The normalized spacial score (nSPS) is 14.5. The molecule has 1 fully saturated rings. The third kappa shape index (κ3) is 5.35. The van der Waals surface area contributed by atoms with Crippen LogP contribution in [0.3, 0.4) is 0 Å². The Bertz CT molecular complexity index is 1290. The summed E-state index contributed by atoms with van der Waals surface area (Å²) in [5.41, 5.74) is 1.91. The molecule has 2 heterocycles. The van der Waals surface area contributed by atoms with Crippen LogP contribution in [0.5, 0.6) is 23.0 Å². The molecule has 0 radical (unpaired) electrons. The van der Waals surface area contributed by atoms with Crippen LogP contribution in [0.4, 0.5) is 5.13 Å². The first-order chi connectivity index (χ1) is 17.3. The molecule has 194 valence electrons. The summed E-state index contributed by atoms with van der Waals surface area (Å²) in [5, 5.41) is 2.78. The van der Waals surface area contributed by atoms with Crippen LogP contribution in [-0.4, -0.2) is 60.2 Å². The van der Waals surface area contributed by atoms with Crippen molar-refractivity contribution in [2.24, 2.45) is 0 Å². The lowest BCUT2D eigenvalue weighted by Crippen LogP contribution is -2.39. The number of ether oxygens (including phenoxy) is 4. The van der Waals surface area contributed by atoms with Crippen molar-refractivity contribution in [1.29, 1.82) is 0 Å². The minimum atomic E-state index is -3.57. The Kier molecular flexibility index (Phi) is 8.17. The van der Waals surface area contributed by atoms with Crippen LogP contribution in [0, 0.1) is 0 Å². The summed E-state index contributed by atoms with van der Waals surface area (Å²) in [4.78, 5) is 7.11. The molecular weight excluding hydrogens is 524 g/mol. The van der Waals surface area contributed by atoms with E-state index in [1.165, 1.54) is 13.2 Å². The highest BCUT2D eigenvalue weighted by molar-refractivity contribution is 7.92. The van der Waals surface area contributed by atoms with Crippen molar-refractivity contribution in [2.45, 2.75) is 29.4 Å². The van der Waals surface area contributed by atoms with Gasteiger partial charge in [0.1, 0.15) is 10.6 Å². The van der Waals surface area contributed by atoms with E-state index in [-0.39, 0.29) is 4.90 Å². The smallest absolute Gasteiger partial charge is 0.203 e. The van der Waals surface area contributed by atoms with E-state index in [1.54, 1.807) is 44.8 Å². The number of aromatic nitrogens is 1. The highest BCUT2D eigenvalue weighted by Crippen LogP contribution is 2.39. The Hall–Kier alpha value is -2.69. The molecule has 1 aliphatic rings. The number of anilines is 1. The second kappa shape index (κ2) is 11.1. The van der Waals surface area contributed by atoms with Gasteiger partial charge in [0.2, 0.25) is 5.75 Å². The third-order valence-electron chi connectivity index (χ3n) is 6.23. The lowest BCUT2D eigenvalue weighted by Gasteiger charge is -2.31. The van der Waals surface area contributed by atoms with Crippen molar-refractivity contribution in [3.8, 4) is 23.0 Å². The fourth-order valence-electron chi connectivity index (χ4n) is 4.38. The van der Waals surface area contributed by atoms with Crippen LogP contribution >= 0.6 is 22.9 Å². The molecule has 3 aromatic rings. The van der Waals surface area contributed by atoms with Gasteiger partial charge in [-0.15, -0.1) is 11.3 Å². The lowest BCUT2D eigenvalue weighted by atomic mass is 10.1. The van der Waals surface area contributed by atoms with E-state index in [4.69, 9.17) is 35.5 Å². The summed E-state index contributed by atoms with van der Waals surface area (Å²) in [6.07, 6.45) is 1.60. The van der Waals surface area contributed by atoms with Gasteiger partial charge in [-0.2, -0.15) is 0 Å². The molecule has 0 saturated carbocycles. The summed E-state index contributed by atoms with van der Waals surface area (Å²) in [5.74, 6) is 2.07. The van der Waals surface area contributed by atoms with Crippen LogP contribution in [0.1, 0.15) is 24.1 Å². The van der Waals surface area contributed by atoms with Crippen LogP contribution in [0.2, 0.25) is 5.02 Å². The van der Waals surface area contributed by atoms with E-state index in [1.807, 2.05) is 17.5 Å². The Labute approximate surface area is 220 Å². The minimum Gasteiger partial charge on any atom is -0.495 e. The Morgan fingerprint density at radius 2 is 1.61 bits per heavy atom. The van der Waals surface area contributed by atoms with Crippen LogP contribution in [-0.2, 0) is 16.3 Å². The summed E-state index contributed by atoms with van der Waals surface area (Å²) in [7, 11) is 2.65. The molecule has 1 aromatic heterocycles. The van der Waals surface area contributed by atoms with Crippen molar-refractivity contribution in [2.75, 3.05) is 46.4 Å². The number of halogens is 1. The molecule has 8 nitrogen and oxygen atoms in total. The molecule has 1 aliphatic heterocycles. The van der Waals surface area contributed by atoms with Crippen molar-refractivity contribution in [3.63, 3.8) is 0 Å². The number of hydrogen-bond acceptors (Lipinski definition) is 9. The highest BCUT2D eigenvalue weighted by Gasteiger charge is 2.34. The first kappa shape index (κ1) is 26.4. The lowest BCUT2D eigenvalue weighted by molar-refractivity contribution is 0.324. The molecule has 0 aliphatic carbocycles. The van der Waals surface area contributed by atoms with Gasteiger partial charge in [0, 0.05) is 29.9 Å². The maximum atomic E-state index is 13.3. The predicted molar refractivity (Wildman–Crippen MR) is 141 cm³/mol. The maximum Gasteiger partial charge on any atom is 0.203 e. The van der Waals surface area contributed by atoms with Gasteiger partial charge in [-0.05, 0) is 48.7 Å². The number of nitrogens with zero attached hydrogens (tertiary/aromatic N) is 2. The molecule has 0 spiro atoms. The van der Waals surface area contributed by atoms with E-state index in [0.29, 0.717) is 60.4 Å².